The Labute approximate surface area is 107 Å². The van der Waals surface area contributed by atoms with Gasteiger partial charge in [-0.3, -0.25) is 4.79 Å². The Hall–Kier alpha value is -0.750. The van der Waals surface area contributed by atoms with Crippen molar-refractivity contribution in [3.05, 3.63) is 0 Å². The number of rotatable bonds is 10. The van der Waals surface area contributed by atoms with Crippen LogP contribution in [0.25, 0.3) is 0 Å². The number of alkyl halides is 2. The molecule has 6 heteroatoms. The maximum absolute atomic E-state index is 11.7. The number of nitrogens with one attached hydrogen (secondary N) is 1. The monoisotopic (exact) mass is 267 g/mol. The molecule has 0 heterocycles. The topological polar surface area (TPSA) is 58.6 Å². The number of hydrogen-bond acceptors (Lipinski definition) is 3. The number of hydrogen-bond donors (Lipinski definition) is 2. The summed E-state index contributed by atoms with van der Waals surface area (Å²) in [5, 5.41) is 11.5. The van der Waals surface area contributed by atoms with Gasteiger partial charge in [0.05, 0.1) is 6.61 Å². The van der Waals surface area contributed by atoms with Gasteiger partial charge in [0.1, 0.15) is 6.61 Å². The maximum atomic E-state index is 11.7. The van der Waals surface area contributed by atoms with E-state index < -0.39 is 13.0 Å². The minimum Gasteiger partial charge on any atom is -0.396 e. The molecule has 2 N–H and O–H groups in total. The van der Waals surface area contributed by atoms with Crippen LogP contribution in [0, 0.1) is 5.41 Å². The Morgan fingerprint density at radius 2 is 2.11 bits per heavy atom. The Balaban J connectivity index is 3.63. The molecule has 0 bridgehead atoms. The first-order valence-electron chi connectivity index (χ1n) is 6.11. The van der Waals surface area contributed by atoms with Gasteiger partial charge in [-0.25, -0.2) is 8.78 Å². The molecule has 0 spiro atoms. The average molecular weight is 267 g/mol. The highest BCUT2D eigenvalue weighted by Crippen LogP contribution is 2.20. The van der Waals surface area contributed by atoms with Gasteiger partial charge in [0, 0.05) is 19.6 Å². The van der Waals surface area contributed by atoms with Crippen LogP contribution in [-0.2, 0) is 9.53 Å². The van der Waals surface area contributed by atoms with Gasteiger partial charge in [-0.05, 0) is 18.3 Å². The average Bonchev–Trinajstić information content (AvgIpc) is 2.29. The lowest BCUT2D eigenvalue weighted by Crippen LogP contribution is -2.34. The van der Waals surface area contributed by atoms with Gasteiger partial charge in [0.2, 0.25) is 5.91 Å². The normalized spacial score (nSPS) is 11.9. The summed E-state index contributed by atoms with van der Waals surface area (Å²) in [5.74, 6) is -0.207. The van der Waals surface area contributed by atoms with Gasteiger partial charge >= 0.3 is 0 Å². The van der Waals surface area contributed by atoms with E-state index in [1.54, 1.807) is 0 Å². The van der Waals surface area contributed by atoms with Crippen LogP contribution in [0.3, 0.4) is 0 Å². The van der Waals surface area contributed by atoms with Crippen LogP contribution in [-0.4, -0.2) is 43.8 Å². The molecular weight excluding hydrogens is 244 g/mol. The summed E-state index contributed by atoms with van der Waals surface area (Å²) in [7, 11) is 0. The van der Waals surface area contributed by atoms with Crippen LogP contribution in [0.15, 0.2) is 0 Å². The van der Waals surface area contributed by atoms with Crippen molar-refractivity contribution in [3.8, 4) is 0 Å². The van der Waals surface area contributed by atoms with Crippen LogP contribution < -0.4 is 5.32 Å². The van der Waals surface area contributed by atoms with Crippen molar-refractivity contribution in [2.75, 3.05) is 26.4 Å². The molecular formula is C12H23F2NO3. The molecule has 0 saturated heterocycles. The molecule has 0 saturated carbocycles. The van der Waals surface area contributed by atoms with Crippen molar-refractivity contribution >= 4 is 5.91 Å². The number of ether oxygens (including phenoxy) is 1. The molecule has 0 fully saturated rings. The zero-order valence-corrected chi connectivity index (χ0v) is 11.0. The molecule has 0 aliphatic rings. The Morgan fingerprint density at radius 3 is 2.67 bits per heavy atom. The number of carbonyl (C=O) groups is 1. The molecule has 108 valence electrons. The third kappa shape index (κ3) is 10.4. The van der Waals surface area contributed by atoms with E-state index in [9.17, 15) is 13.6 Å². The van der Waals surface area contributed by atoms with E-state index in [-0.39, 0.29) is 31.0 Å². The third-order valence-corrected chi connectivity index (χ3v) is 2.49. The van der Waals surface area contributed by atoms with Crippen molar-refractivity contribution < 1.29 is 23.4 Å². The molecule has 0 aromatic heterocycles. The van der Waals surface area contributed by atoms with Crippen LogP contribution in [0.4, 0.5) is 8.78 Å². The Bertz CT molecular complexity index is 235. The summed E-state index contributed by atoms with van der Waals surface area (Å²) < 4.78 is 28.1. The Morgan fingerprint density at radius 1 is 1.44 bits per heavy atom. The molecule has 0 aromatic carbocycles. The Kier molecular flexibility index (Phi) is 8.83. The second-order valence-electron chi connectivity index (χ2n) is 4.98. The minimum absolute atomic E-state index is 0.00718. The summed E-state index contributed by atoms with van der Waals surface area (Å²) in [6.45, 7) is 4.01. The molecule has 1 amide bonds. The smallest absolute Gasteiger partial charge is 0.261 e. The predicted molar refractivity (Wildman–Crippen MR) is 64.6 cm³/mol. The van der Waals surface area contributed by atoms with Crippen molar-refractivity contribution in [3.63, 3.8) is 0 Å². The first kappa shape index (κ1) is 17.2. The second kappa shape index (κ2) is 9.22. The fourth-order valence-electron chi connectivity index (χ4n) is 1.41. The van der Waals surface area contributed by atoms with Crippen molar-refractivity contribution in [1.29, 1.82) is 0 Å². The number of aliphatic hydroxyl groups excluding tert-OH is 1. The lowest BCUT2D eigenvalue weighted by atomic mass is 9.88. The quantitative estimate of drug-likeness (QED) is 0.591. The first-order chi connectivity index (χ1) is 8.37. The SMILES string of the molecule is CC(C)(CCCO)CNC(=O)CCOCC(F)F. The van der Waals surface area contributed by atoms with Gasteiger partial charge in [-0.1, -0.05) is 13.8 Å². The predicted octanol–water partition coefficient (Wildman–Crippen LogP) is 1.57. The van der Waals surface area contributed by atoms with Crippen molar-refractivity contribution in [2.24, 2.45) is 5.41 Å². The van der Waals surface area contributed by atoms with Crippen molar-refractivity contribution in [2.45, 2.75) is 39.5 Å². The van der Waals surface area contributed by atoms with E-state index in [0.717, 1.165) is 6.42 Å². The fourth-order valence-corrected chi connectivity index (χ4v) is 1.41. The standard InChI is InChI=1S/C12H23F2NO3/c1-12(2,5-3-6-16)9-15-11(17)4-7-18-8-10(13)14/h10,16H,3-9H2,1-2H3,(H,15,17). The van der Waals surface area contributed by atoms with Crippen LogP contribution >= 0.6 is 0 Å². The zero-order valence-electron chi connectivity index (χ0n) is 11.0. The molecule has 0 unspecified atom stereocenters. The van der Waals surface area contributed by atoms with Gasteiger partial charge in [-0.2, -0.15) is 0 Å². The molecule has 0 aliphatic heterocycles. The highest BCUT2D eigenvalue weighted by Gasteiger charge is 2.18. The minimum atomic E-state index is -2.49. The molecule has 0 aliphatic carbocycles. The third-order valence-electron chi connectivity index (χ3n) is 2.49. The fraction of sp³-hybridized carbons (Fsp3) is 0.917. The molecule has 0 aromatic rings. The number of carbonyl (C=O) groups excluding carboxylic acids is 1. The molecule has 4 nitrogen and oxygen atoms in total. The van der Waals surface area contributed by atoms with Gasteiger partial charge in [-0.15, -0.1) is 0 Å². The van der Waals surface area contributed by atoms with Gasteiger partial charge < -0.3 is 15.2 Å². The highest BCUT2D eigenvalue weighted by atomic mass is 19.3. The highest BCUT2D eigenvalue weighted by molar-refractivity contribution is 5.75. The first-order valence-corrected chi connectivity index (χ1v) is 6.11. The summed E-state index contributed by atoms with van der Waals surface area (Å²) in [4.78, 5) is 11.4. The summed E-state index contributed by atoms with van der Waals surface area (Å²) >= 11 is 0. The van der Waals surface area contributed by atoms with Gasteiger partial charge in [0.25, 0.3) is 6.43 Å². The summed E-state index contributed by atoms with van der Waals surface area (Å²) in [6.07, 6.45) is -0.903. The van der Waals surface area contributed by atoms with Gasteiger partial charge in [0.15, 0.2) is 0 Å². The van der Waals surface area contributed by atoms with E-state index in [1.165, 1.54) is 0 Å². The number of amides is 1. The maximum Gasteiger partial charge on any atom is 0.261 e. The summed E-state index contributed by atoms with van der Waals surface area (Å²) in [5.41, 5.74) is -0.0811. The molecule has 0 rings (SSSR count). The molecule has 18 heavy (non-hydrogen) atoms. The summed E-state index contributed by atoms with van der Waals surface area (Å²) in [6, 6.07) is 0. The van der Waals surface area contributed by atoms with Crippen molar-refractivity contribution in [1.82, 2.24) is 5.32 Å². The van der Waals surface area contributed by atoms with E-state index in [4.69, 9.17) is 5.11 Å². The molecule has 0 radical (unpaired) electrons. The molecule has 0 atom stereocenters. The lowest BCUT2D eigenvalue weighted by Gasteiger charge is -2.24. The second-order valence-corrected chi connectivity index (χ2v) is 4.98. The van der Waals surface area contributed by atoms with Crippen LogP contribution in [0.2, 0.25) is 0 Å². The van der Waals surface area contributed by atoms with E-state index in [0.29, 0.717) is 13.0 Å². The number of halogens is 2. The van der Waals surface area contributed by atoms with Crippen LogP contribution in [0.1, 0.15) is 33.1 Å². The van der Waals surface area contributed by atoms with E-state index >= 15 is 0 Å². The van der Waals surface area contributed by atoms with E-state index in [2.05, 4.69) is 10.1 Å². The lowest BCUT2D eigenvalue weighted by molar-refractivity contribution is -0.123. The number of aliphatic hydroxyl groups is 1. The zero-order chi connectivity index (χ0) is 14.0. The van der Waals surface area contributed by atoms with E-state index in [1.807, 2.05) is 13.8 Å². The largest absolute Gasteiger partial charge is 0.396 e. The van der Waals surface area contributed by atoms with Crippen LogP contribution in [0.5, 0.6) is 0 Å².